The van der Waals surface area contributed by atoms with E-state index in [9.17, 15) is 0 Å². The van der Waals surface area contributed by atoms with E-state index in [0.717, 1.165) is 36.2 Å². The van der Waals surface area contributed by atoms with Gasteiger partial charge in [-0.2, -0.15) is 0 Å². The summed E-state index contributed by atoms with van der Waals surface area (Å²) in [5.74, 6) is 0. The van der Waals surface area contributed by atoms with Gasteiger partial charge in [0.1, 0.15) is 0 Å². The number of halogens is 3. The standard InChI is InChI=1S/C12H18N4.3ClH/c1-15(2)6-3-7-16-9-14-11-8-10(13)4-5-12(11)16;;;/h4-5,8-9H,3,6-7,13H2,1-2H3;3*1H. The SMILES string of the molecule is CN(C)CCCn1cnc2cc(N)ccc21.Cl.Cl.Cl. The molecule has 0 aliphatic rings. The van der Waals surface area contributed by atoms with Gasteiger partial charge in [-0.05, 0) is 45.3 Å². The second-order valence-electron chi connectivity index (χ2n) is 4.34. The maximum atomic E-state index is 5.72. The van der Waals surface area contributed by atoms with Crippen molar-refractivity contribution in [1.82, 2.24) is 14.5 Å². The summed E-state index contributed by atoms with van der Waals surface area (Å²) in [6, 6.07) is 5.87. The van der Waals surface area contributed by atoms with Crippen LogP contribution in [0, 0.1) is 0 Å². The Morgan fingerprint density at radius 2 is 1.89 bits per heavy atom. The van der Waals surface area contributed by atoms with E-state index in [-0.39, 0.29) is 37.2 Å². The van der Waals surface area contributed by atoms with E-state index < -0.39 is 0 Å². The maximum Gasteiger partial charge on any atom is 0.0958 e. The Bertz CT molecular complexity index is 485. The molecule has 0 atom stereocenters. The van der Waals surface area contributed by atoms with Crippen molar-refractivity contribution >= 4 is 53.9 Å². The van der Waals surface area contributed by atoms with Crippen LogP contribution < -0.4 is 5.73 Å². The first kappa shape index (κ1) is 20.6. The quantitative estimate of drug-likeness (QED) is 0.878. The number of nitrogens with two attached hydrogens (primary N) is 1. The molecule has 0 aliphatic heterocycles. The number of anilines is 1. The van der Waals surface area contributed by atoms with Gasteiger partial charge < -0.3 is 15.2 Å². The van der Waals surface area contributed by atoms with Gasteiger partial charge in [-0.3, -0.25) is 0 Å². The first-order chi connectivity index (χ1) is 7.66. The van der Waals surface area contributed by atoms with Gasteiger partial charge in [-0.15, -0.1) is 37.2 Å². The number of rotatable bonds is 4. The zero-order valence-electron chi connectivity index (χ0n) is 11.1. The lowest BCUT2D eigenvalue weighted by atomic mass is 10.3. The summed E-state index contributed by atoms with van der Waals surface area (Å²) in [5, 5.41) is 0. The van der Waals surface area contributed by atoms with Gasteiger partial charge in [-0.1, -0.05) is 0 Å². The van der Waals surface area contributed by atoms with Gasteiger partial charge in [-0.25, -0.2) is 4.98 Å². The van der Waals surface area contributed by atoms with Crippen LogP contribution in [0.1, 0.15) is 6.42 Å². The van der Waals surface area contributed by atoms with E-state index in [4.69, 9.17) is 5.73 Å². The van der Waals surface area contributed by atoms with E-state index in [1.165, 1.54) is 0 Å². The molecule has 0 unspecified atom stereocenters. The summed E-state index contributed by atoms with van der Waals surface area (Å²) < 4.78 is 2.18. The van der Waals surface area contributed by atoms with Crippen molar-refractivity contribution in [2.24, 2.45) is 0 Å². The number of nitrogens with zero attached hydrogens (tertiary/aromatic N) is 3. The van der Waals surface area contributed by atoms with E-state index in [2.05, 4.69) is 28.5 Å². The minimum Gasteiger partial charge on any atom is -0.399 e. The molecule has 1 heterocycles. The minimum atomic E-state index is 0. The summed E-state index contributed by atoms with van der Waals surface area (Å²) in [6.07, 6.45) is 3.02. The van der Waals surface area contributed by atoms with Gasteiger partial charge in [0.15, 0.2) is 0 Å². The molecular weight excluding hydrogens is 307 g/mol. The van der Waals surface area contributed by atoms with Crippen LogP contribution in [0.2, 0.25) is 0 Å². The molecule has 0 bridgehead atoms. The molecule has 19 heavy (non-hydrogen) atoms. The minimum absolute atomic E-state index is 0. The number of hydrogen-bond donors (Lipinski definition) is 1. The molecule has 1 aromatic carbocycles. The molecule has 0 fully saturated rings. The fraction of sp³-hybridized carbons (Fsp3) is 0.417. The third-order valence-electron chi connectivity index (χ3n) is 2.65. The Hall–Kier alpha value is -0.680. The van der Waals surface area contributed by atoms with Crippen molar-refractivity contribution in [2.45, 2.75) is 13.0 Å². The first-order valence-electron chi connectivity index (χ1n) is 5.52. The fourth-order valence-corrected chi connectivity index (χ4v) is 1.82. The summed E-state index contributed by atoms with van der Waals surface area (Å²) in [5.41, 5.74) is 8.62. The first-order valence-corrected chi connectivity index (χ1v) is 5.52. The zero-order chi connectivity index (χ0) is 11.5. The van der Waals surface area contributed by atoms with Crippen LogP contribution in [-0.2, 0) is 6.54 Å². The van der Waals surface area contributed by atoms with Gasteiger partial charge in [0.25, 0.3) is 0 Å². The average molecular weight is 328 g/mol. The Morgan fingerprint density at radius 1 is 1.21 bits per heavy atom. The van der Waals surface area contributed by atoms with Crippen LogP contribution in [0.25, 0.3) is 11.0 Å². The van der Waals surface area contributed by atoms with E-state index in [1.54, 1.807) is 0 Å². The number of aromatic nitrogens is 2. The molecule has 0 saturated heterocycles. The Kier molecular flexibility index (Phi) is 10.1. The van der Waals surface area contributed by atoms with Crippen LogP contribution in [0.4, 0.5) is 5.69 Å². The number of imidazole rings is 1. The molecular formula is C12H21Cl3N4. The Morgan fingerprint density at radius 3 is 2.53 bits per heavy atom. The molecule has 2 aromatic rings. The van der Waals surface area contributed by atoms with Crippen LogP contribution in [-0.4, -0.2) is 35.1 Å². The topological polar surface area (TPSA) is 47.1 Å². The number of hydrogen-bond acceptors (Lipinski definition) is 3. The van der Waals surface area contributed by atoms with Crippen molar-refractivity contribution in [3.05, 3.63) is 24.5 Å². The molecule has 2 rings (SSSR count). The number of aryl methyl sites for hydroxylation is 1. The van der Waals surface area contributed by atoms with E-state index >= 15 is 0 Å². The fourth-order valence-electron chi connectivity index (χ4n) is 1.82. The van der Waals surface area contributed by atoms with Crippen molar-refractivity contribution in [3.8, 4) is 0 Å². The number of fused-ring (bicyclic) bond motifs is 1. The average Bonchev–Trinajstić information content (AvgIpc) is 2.60. The molecule has 0 amide bonds. The van der Waals surface area contributed by atoms with Gasteiger partial charge in [0.2, 0.25) is 0 Å². The van der Waals surface area contributed by atoms with Crippen molar-refractivity contribution in [2.75, 3.05) is 26.4 Å². The monoisotopic (exact) mass is 326 g/mol. The van der Waals surface area contributed by atoms with Crippen molar-refractivity contribution in [3.63, 3.8) is 0 Å². The third kappa shape index (κ3) is 5.45. The van der Waals surface area contributed by atoms with Crippen molar-refractivity contribution in [1.29, 1.82) is 0 Å². The molecule has 1 aromatic heterocycles. The van der Waals surface area contributed by atoms with Crippen LogP contribution >= 0.6 is 37.2 Å². The van der Waals surface area contributed by atoms with Crippen LogP contribution in [0.15, 0.2) is 24.5 Å². The molecule has 0 spiro atoms. The zero-order valence-corrected chi connectivity index (χ0v) is 13.5. The van der Waals surface area contributed by atoms with Crippen LogP contribution in [0.3, 0.4) is 0 Å². The highest BCUT2D eigenvalue weighted by atomic mass is 35.5. The molecule has 0 aliphatic carbocycles. The highest BCUT2D eigenvalue weighted by molar-refractivity contribution is 5.86. The smallest absolute Gasteiger partial charge is 0.0958 e. The normalized spacial score (nSPS) is 9.63. The van der Waals surface area contributed by atoms with E-state index in [0.29, 0.717) is 0 Å². The van der Waals surface area contributed by atoms with Crippen LogP contribution in [0.5, 0.6) is 0 Å². The lowest BCUT2D eigenvalue weighted by Gasteiger charge is -2.09. The predicted octanol–water partition coefficient (Wildman–Crippen LogP) is 2.84. The third-order valence-corrected chi connectivity index (χ3v) is 2.65. The second kappa shape index (κ2) is 9.26. The molecule has 7 heteroatoms. The highest BCUT2D eigenvalue weighted by Crippen LogP contribution is 2.16. The summed E-state index contributed by atoms with van der Waals surface area (Å²) >= 11 is 0. The maximum absolute atomic E-state index is 5.72. The summed E-state index contributed by atoms with van der Waals surface area (Å²) in [7, 11) is 4.18. The summed E-state index contributed by atoms with van der Waals surface area (Å²) in [4.78, 5) is 6.54. The van der Waals surface area contributed by atoms with E-state index in [1.807, 2.05) is 24.5 Å². The molecule has 4 nitrogen and oxygen atoms in total. The Labute approximate surface area is 132 Å². The van der Waals surface area contributed by atoms with Gasteiger partial charge in [0, 0.05) is 12.2 Å². The molecule has 2 N–H and O–H groups in total. The number of benzene rings is 1. The molecule has 110 valence electrons. The molecule has 0 saturated carbocycles. The highest BCUT2D eigenvalue weighted by Gasteiger charge is 2.02. The predicted molar refractivity (Wildman–Crippen MR) is 89.1 cm³/mol. The lowest BCUT2D eigenvalue weighted by molar-refractivity contribution is 0.387. The lowest BCUT2D eigenvalue weighted by Crippen LogP contribution is -2.14. The largest absolute Gasteiger partial charge is 0.399 e. The van der Waals surface area contributed by atoms with Gasteiger partial charge >= 0.3 is 0 Å². The second-order valence-corrected chi connectivity index (χ2v) is 4.34. The molecule has 0 radical (unpaired) electrons. The summed E-state index contributed by atoms with van der Waals surface area (Å²) in [6.45, 7) is 2.09. The van der Waals surface area contributed by atoms with Crippen molar-refractivity contribution < 1.29 is 0 Å². The Balaban J connectivity index is 0. The number of nitrogen functional groups attached to an aromatic ring is 1. The van der Waals surface area contributed by atoms with Gasteiger partial charge in [0.05, 0.1) is 17.4 Å².